The Bertz CT molecular complexity index is 649. The minimum absolute atomic E-state index is 0.0348. The Balaban J connectivity index is 1.85. The Labute approximate surface area is 128 Å². The van der Waals surface area contributed by atoms with Crippen molar-refractivity contribution >= 4 is 22.9 Å². The number of methoxy groups -OCH3 is 1. The van der Waals surface area contributed by atoms with Crippen LogP contribution in [0.3, 0.4) is 0 Å². The van der Waals surface area contributed by atoms with Gasteiger partial charge in [0.2, 0.25) is 0 Å². The molecule has 3 rings (SSSR count). The van der Waals surface area contributed by atoms with Crippen LogP contribution in [0.4, 0.5) is 5.69 Å². The van der Waals surface area contributed by atoms with E-state index in [1.807, 2.05) is 40.6 Å². The first-order chi connectivity index (χ1) is 10.2. The lowest BCUT2D eigenvalue weighted by Gasteiger charge is -2.23. The first-order valence-electron chi connectivity index (χ1n) is 6.96. The molecule has 0 radical (unpaired) electrons. The van der Waals surface area contributed by atoms with E-state index in [0.29, 0.717) is 23.2 Å². The summed E-state index contributed by atoms with van der Waals surface area (Å²) in [5, 5.41) is 1.88. The average Bonchev–Trinajstić information content (AvgIpc) is 3.22. The zero-order valence-electron chi connectivity index (χ0n) is 11.9. The van der Waals surface area contributed by atoms with Crippen molar-refractivity contribution in [2.75, 3.05) is 12.8 Å². The monoisotopic (exact) mass is 302 g/mol. The van der Waals surface area contributed by atoms with Gasteiger partial charge in [-0.2, -0.15) is 0 Å². The van der Waals surface area contributed by atoms with Crippen molar-refractivity contribution < 1.29 is 9.53 Å². The van der Waals surface area contributed by atoms with E-state index >= 15 is 0 Å². The molecule has 21 heavy (non-hydrogen) atoms. The Hall–Kier alpha value is -2.01. The van der Waals surface area contributed by atoms with Gasteiger partial charge in [0.1, 0.15) is 10.6 Å². The molecule has 1 aliphatic rings. The van der Waals surface area contributed by atoms with Gasteiger partial charge in [-0.05, 0) is 35.9 Å². The van der Waals surface area contributed by atoms with Gasteiger partial charge >= 0.3 is 0 Å². The topological polar surface area (TPSA) is 55.6 Å². The number of nitrogen functional groups attached to an aromatic ring is 1. The molecule has 1 aliphatic carbocycles. The quantitative estimate of drug-likeness (QED) is 0.863. The largest absolute Gasteiger partial charge is 0.495 e. The molecule has 1 heterocycles. The molecule has 4 nitrogen and oxygen atoms in total. The van der Waals surface area contributed by atoms with Crippen molar-refractivity contribution in [2.24, 2.45) is 0 Å². The highest BCUT2D eigenvalue weighted by Gasteiger charge is 2.34. The number of rotatable bonds is 5. The lowest BCUT2D eigenvalue weighted by atomic mass is 10.1. The van der Waals surface area contributed by atoms with Crippen molar-refractivity contribution in [1.82, 2.24) is 4.90 Å². The first-order valence-corrected chi connectivity index (χ1v) is 7.84. The van der Waals surface area contributed by atoms with Gasteiger partial charge in [0.25, 0.3) is 5.91 Å². The Kier molecular flexibility index (Phi) is 3.84. The number of para-hydroxylation sites is 1. The summed E-state index contributed by atoms with van der Waals surface area (Å²) in [7, 11) is 1.59. The van der Waals surface area contributed by atoms with Crippen LogP contribution in [0.5, 0.6) is 5.75 Å². The second-order valence-corrected chi connectivity index (χ2v) is 6.10. The Morgan fingerprint density at radius 2 is 2.14 bits per heavy atom. The summed E-state index contributed by atoms with van der Waals surface area (Å²) in [6.45, 7) is 0.553. The van der Waals surface area contributed by atoms with Crippen LogP contribution in [0.25, 0.3) is 0 Å². The lowest BCUT2D eigenvalue weighted by Crippen LogP contribution is -2.32. The SMILES string of the molecule is COc1ccsc1C(=O)N(Cc1ccccc1N)C1CC1. The molecule has 1 fully saturated rings. The third kappa shape index (κ3) is 2.88. The number of carbonyl (C=O) groups excluding carboxylic acids is 1. The molecular formula is C16H18N2O2S. The van der Waals surface area contributed by atoms with Crippen LogP contribution in [-0.2, 0) is 6.54 Å². The summed E-state index contributed by atoms with van der Waals surface area (Å²) in [5.74, 6) is 0.685. The fraction of sp³-hybridized carbons (Fsp3) is 0.312. The van der Waals surface area contributed by atoms with E-state index in [1.165, 1.54) is 11.3 Å². The van der Waals surface area contributed by atoms with Gasteiger partial charge in [0.05, 0.1) is 7.11 Å². The summed E-state index contributed by atoms with van der Waals surface area (Å²) in [5.41, 5.74) is 7.73. The van der Waals surface area contributed by atoms with Crippen LogP contribution in [0.2, 0.25) is 0 Å². The zero-order chi connectivity index (χ0) is 14.8. The van der Waals surface area contributed by atoms with E-state index in [2.05, 4.69) is 0 Å². The Morgan fingerprint density at radius 3 is 2.81 bits per heavy atom. The number of anilines is 1. The normalized spacial score (nSPS) is 14.0. The summed E-state index contributed by atoms with van der Waals surface area (Å²) in [6.07, 6.45) is 2.12. The molecule has 0 bridgehead atoms. The van der Waals surface area contributed by atoms with E-state index in [4.69, 9.17) is 10.5 Å². The van der Waals surface area contributed by atoms with Crippen LogP contribution in [0.15, 0.2) is 35.7 Å². The molecule has 110 valence electrons. The molecule has 0 atom stereocenters. The highest BCUT2D eigenvalue weighted by molar-refractivity contribution is 7.12. The maximum Gasteiger partial charge on any atom is 0.268 e. The minimum atomic E-state index is 0.0348. The fourth-order valence-corrected chi connectivity index (χ4v) is 3.17. The summed E-state index contributed by atoms with van der Waals surface area (Å²) >= 11 is 1.42. The van der Waals surface area contributed by atoms with Crippen LogP contribution in [0, 0.1) is 0 Å². The smallest absolute Gasteiger partial charge is 0.268 e. The van der Waals surface area contributed by atoms with Crippen molar-refractivity contribution in [3.63, 3.8) is 0 Å². The number of amides is 1. The summed E-state index contributed by atoms with van der Waals surface area (Å²) in [6, 6.07) is 9.86. The molecular weight excluding hydrogens is 284 g/mol. The number of nitrogens with zero attached hydrogens (tertiary/aromatic N) is 1. The van der Waals surface area contributed by atoms with E-state index in [9.17, 15) is 4.79 Å². The molecule has 2 aromatic rings. The van der Waals surface area contributed by atoms with Gasteiger partial charge in [-0.15, -0.1) is 11.3 Å². The van der Waals surface area contributed by atoms with Crippen LogP contribution in [0.1, 0.15) is 28.1 Å². The maximum atomic E-state index is 12.8. The van der Waals surface area contributed by atoms with Gasteiger partial charge in [0.15, 0.2) is 0 Å². The van der Waals surface area contributed by atoms with Gasteiger partial charge in [-0.25, -0.2) is 0 Å². The Morgan fingerprint density at radius 1 is 1.38 bits per heavy atom. The second kappa shape index (κ2) is 5.77. The zero-order valence-corrected chi connectivity index (χ0v) is 12.7. The third-order valence-corrected chi connectivity index (χ3v) is 4.57. The summed E-state index contributed by atoms with van der Waals surface area (Å²) < 4.78 is 5.27. The third-order valence-electron chi connectivity index (χ3n) is 3.69. The molecule has 1 aromatic carbocycles. The maximum absolute atomic E-state index is 12.8. The predicted octanol–water partition coefficient (Wildman–Crippen LogP) is 3.14. The van der Waals surface area contributed by atoms with Crippen LogP contribution >= 0.6 is 11.3 Å². The number of nitrogens with two attached hydrogens (primary N) is 1. The number of hydrogen-bond acceptors (Lipinski definition) is 4. The lowest BCUT2D eigenvalue weighted by molar-refractivity contribution is 0.0732. The highest BCUT2D eigenvalue weighted by Crippen LogP contribution is 2.34. The van der Waals surface area contributed by atoms with Crippen molar-refractivity contribution in [1.29, 1.82) is 0 Å². The molecule has 5 heteroatoms. The number of carbonyl (C=O) groups is 1. The number of thiophene rings is 1. The fourth-order valence-electron chi connectivity index (χ4n) is 2.36. The molecule has 0 spiro atoms. The van der Waals surface area contributed by atoms with Crippen molar-refractivity contribution in [2.45, 2.75) is 25.4 Å². The molecule has 0 unspecified atom stereocenters. The molecule has 2 N–H and O–H groups in total. The highest BCUT2D eigenvalue weighted by atomic mass is 32.1. The van der Waals surface area contributed by atoms with Crippen molar-refractivity contribution in [3.8, 4) is 5.75 Å². The average molecular weight is 302 g/mol. The summed E-state index contributed by atoms with van der Waals surface area (Å²) in [4.78, 5) is 15.4. The molecule has 0 saturated heterocycles. The predicted molar refractivity (Wildman–Crippen MR) is 84.6 cm³/mol. The van der Waals surface area contributed by atoms with E-state index in [0.717, 1.165) is 24.1 Å². The number of ether oxygens (including phenoxy) is 1. The second-order valence-electron chi connectivity index (χ2n) is 5.18. The van der Waals surface area contributed by atoms with Crippen LogP contribution in [-0.4, -0.2) is 24.0 Å². The minimum Gasteiger partial charge on any atom is -0.495 e. The van der Waals surface area contributed by atoms with Gasteiger partial charge in [-0.1, -0.05) is 18.2 Å². The first kappa shape index (κ1) is 13.9. The van der Waals surface area contributed by atoms with Gasteiger partial charge in [0, 0.05) is 18.3 Å². The van der Waals surface area contributed by atoms with Gasteiger partial charge in [-0.3, -0.25) is 4.79 Å². The molecule has 1 amide bonds. The van der Waals surface area contributed by atoms with Crippen molar-refractivity contribution in [3.05, 3.63) is 46.2 Å². The van der Waals surface area contributed by atoms with Crippen LogP contribution < -0.4 is 10.5 Å². The standard InChI is InChI=1S/C16H18N2O2S/c1-20-14-8-9-21-15(14)16(19)18(12-6-7-12)10-11-4-2-3-5-13(11)17/h2-5,8-9,12H,6-7,10,17H2,1H3. The van der Waals surface area contributed by atoms with Gasteiger partial charge < -0.3 is 15.4 Å². The van der Waals surface area contributed by atoms with E-state index in [-0.39, 0.29) is 5.91 Å². The molecule has 1 saturated carbocycles. The van der Waals surface area contributed by atoms with E-state index in [1.54, 1.807) is 7.11 Å². The molecule has 0 aliphatic heterocycles. The molecule has 1 aromatic heterocycles. The number of benzene rings is 1. The van der Waals surface area contributed by atoms with E-state index < -0.39 is 0 Å². The number of hydrogen-bond donors (Lipinski definition) is 1.